The number of H-pyrrole nitrogens is 1. The molecule has 5 nitrogen and oxygen atoms in total. The minimum Gasteiger partial charge on any atom is -1.00 e. The summed E-state index contributed by atoms with van der Waals surface area (Å²) in [6, 6.07) is 37.8. The van der Waals surface area contributed by atoms with Crippen LogP contribution in [0.1, 0.15) is 97.8 Å². The molecule has 6 aromatic rings. The summed E-state index contributed by atoms with van der Waals surface area (Å²) >= 11 is 0. The number of allylic oxidation sites excluding steroid dienone is 1. The van der Waals surface area contributed by atoms with E-state index < -0.39 is 0 Å². The molecule has 0 amide bonds. The van der Waals surface area contributed by atoms with Crippen LogP contribution in [0.4, 0.5) is 0 Å². The van der Waals surface area contributed by atoms with E-state index >= 15 is 0 Å². The molecule has 0 unspecified atom stereocenters. The largest absolute Gasteiger partial charge is 1.00 e. The molecular formula is C52H59BrN2O3. The van der Waals surface area contributed by atoms with Crippen molar-refractivity contribution < 1.29 is 31.1 Å². The van der Waals surface area contributed by atoms with E-state index in [-0.39, 0.29) is 44.9 Å². The minimum absolute atomic E-state index is 0. The topological polar surface area (TPSA) is 70.9 Å². The van der Waals surface area contributed by atoms with Gasteiger partial charge in [-0.05, 0) is 106 Å². The predicted octanol–water partition coefficient (Wildman–Crippen LogP) is 8.69. The Bertz CT molecular complexity index is 2340. The van der Waals surface area contributed by atoms with Crippen molar-refractivity contribution in [3.8, 4) is 22.4 Å². The molecule has 6 heteroatoms. The minimum atomic E-state index is -0.0740. The zero-order valence-corrected chi connectivity index (χ0v) is 37.6. The fraction of sp³-hybridized carbons (Fsp3) is 0.269. The third-order valence-corrected chi connectivity index (χ3v) is 9.72. The molecular weight excluding hydrogens is 780 g/mol. The Morgan fingerprint density at radius 1 is 0.621 bits per heavy atom. The summed E-state index contributed by atoms with van der Waals surface area (Å²) < 4.78 is 1.85. The number of carbonyl (C=O) groups excluding carboxylic acids is 2. The number of hydrogen-bond donors (Lipinski definition) is 1. The van der Waals surface area contributed by atoms with E-state index in [1.54, 1.807) is 19.1 Å². The number of halogens is 1. The summed E-state index contributed by atoms with van der Waals surface area (Å²) in [5.41, 5.74) is 13.5. The Kier molecular flexibility index (Phi) is 16.8. The molecule has 0 fully saturated rings. The highest BCUT2D eigenvalue weighted by Crippen LogP contribution is 2.33. The van der Waals surface area contributed by atoms with Crippen molar-refractivity contribution in [1.29, 1.82) is 0 Å². The fourth-order valence-corrected chi connectivity index (χ4v) is 6.64. The Morgan fingerprint density at radius 2 is 1.09 bits per heavy atom. The van der Waals surface area contributed by atoms with Crippen LogP contribution < -0.4 is 27.1 Å². The molecule has 0 saturated carbocycles. The maximum Gasteiger partial charge on any atom is 0.249 e. The second kappa shape index (κ2) is 20.8. The molecule has 0 aliphatic carbocycles. The molecule has 0 atom stereocenters. The van der Waals surface area contributed by atoms with Gasteiger partial charge in [-0.2, -0.15) is 4.57 Å². The van der Waals surface area contributed by atoms with Crippen LogP contribution in [-0.2, 0) is 22.2 Å². The normalized spacial score (nSPS) is 11.1. The van der Waals surface area contributed by atoms with Gasteiger partial charge >= 0.3 is 0 Å². The van der Waals surface area contributed by atoms with Gasteiger partial charge in [0.1, 0.15) is 0 Å². The first-order chi connectivity index (χ1) is 26.8. The number of hydrogen-bond acceptors (Lipinski definition) is 3. The summed E-state index contributed by atoms with van der Waals surface area (Å²) in [6.07, 6.45) is 7.36. The molecule has 2 aromatic heterocycles. The van der Waals surface area contributed by atoms with Gasteiger partial charge < -0.3 is 22.0 Å². The van der Waals surface area contributed by atoms with Gasteiger partial charge in [0.25, 0.3) is 0 Å². The van der Waals surface area contributed by atoms with Crippen molar-refractivity contribution in [2.45, 2.75) is 93.5 Å². The lowest BCUT2D eigenvalue weighted by molar-refractivity contribution is -0.684. The van der Waals surface area contributed by atoms with Crippen molar-refractivity contribution in [1.82, 2.24) is 4.98 Å². The summed E-state index contributed by atoms with van der Waals surface area (Å²) in [7, 11) is 0. The number of rotatable bonds is 7. The van der Waals surface area contributed by atoms with Crippen LogP contribution in [0.25, 0.3) is 28.5 Å². The maximum absolute atomic E-state index is 12.3. The maximum atomic E-state index is 12.3. The first-order valence-corrected chi connectivity index (χ1v) is 19.6. The molecule has 0 aliphatic rings. The Balaban J connectivity index is 0.000000250. The summed E-state index contributed by atoms with van der Waals surface area (Å²) in [4.78, 5) is 38.0. The summed E-state index contributed by atoms with van der Waals surface area (Å²) in [5.74, 6) is 0.218. The number of nitrogens with one attached hydrogen (secondary N) is 1. The van der Waals surface area contributed by atoms with Crippen molar-refractivity contribution in [2.75, 3.05) is 0 Å². The fourth-order valence-electron chi connectivity index (χ4n) is 6.64. The third-order valence-electron chi connectivity index (χ3n) is 9.72. The summed E-state index contributed by atoms with van der Waals surface area (Å²) in [6.45, 7) is 23.8. The molecule has 0 saturated heterocycles. The van der Waals surface area contributed by atoms with E-state index in [1.807, 2.05) is 102 Å². The van der Waals surface area contributed by atoms with Gasteiger partial charge in [-0.3, -0.25) is 14.4 Å². The van der Waals surface area contributed by atoms with Gasteiger partial charge in [0, 0.05) is 36.4 Å². The molecule has 6 rings (SSSR count). The van der Waals surface area contributed by atoms with Crippen LogP contribution in [0.5, 0.6) is 0 Å². The first-order valence-electron chi connectivity index (χ1n) is 19.6. The van der Waals surface area contributed by atoms with Gasteiger partial charge in [0.15, 0.2) is 24.0 Å². The Morgan fingerprint density at radius 3 is 1.57 bits per heavy atom. The van der Waals surface area contributed by atoms with Gasteiger partial charge in [0.05, 0.1) is 0 Å². The molecule has 58 heavy (non-hydrogen) atoms. The molecule has 0 aliphatic heterocycles. The van der Waals surface area contributed by atoms with E-state index in [2.05, 4.69) is 105 Å². The highest BCUT2D eigenvalue weighted by atomic mass is 79.9. The second-order valence-electron chi connectivity index (χ2n) is 16.8. The van der Waals surface area contributed by atoms with Gasteiger partial charge in [-0.15, -0.1) is 0 Å². The predicted molar refractivity (Wildman–Crippen MR) is 238 cm³/mol. The van der Waals surface area contributed by atoms with Crippen LogP contribution in [0.15, 0.2) is 139 Å². The number of Topliss-reactive ketones (excluding diaryl/α,β-unsaturated/α-hetero) is 1. The SMILES string of the molecule is CC(=O)C[n+]1ccccc1.Cc1cc(C(C)(C)C)cc(C)c1-c1cc(-c2ccccc2)[nH]c(=O)c1.Cc1cc(C(C)(C)C)cc(C)c1/C=C/C(=O)c1ccccc1.[Br-]. The van der Waals surface area contributed by atoms with Crippen LogP contribution >= 0.6 is 0 Å². The van der Waals surface area contributed by atoms with Crippen LogP contribution in [-0.4, -0.2) is 16.6 Å². The molecule has 4 aromatic carbocycles. The molecule has 1 N–H and O–H groups in total. The Hall–Kier alpha value is -5.46. The quantitative estimate of drug-likeness (QED) is 0.0995. The van der Waals surface area contributed by atoms with Gasteiger partial charge in [-0.25, -0.2) is 0 Å². The molecule has 2 heterocycles. The summed E-state index contributed by atoms with van der Waals surface area (Å²) in [5, 5.41) is 0. The Labute approximate surface area is 356 Å². The second-order valence-corrected chi connectivity index (χ2v) is 16.8. The number of ketones is 2. The molecule has 302 valence electrons. The van der Waals surface area contributed by atoms with E-state index in [9.17, 15) is 14.4 Å². The number of aromatic nitrogens is 2. The van der Waals surface area contributed by atoms with Crippen molar-refractivity contribution in [3.63, 3.8) is 0 Å². The number of aryl methyl sites for hydroxylation is 4. The van der Waals surface area contributed by atoms with Crippen LogP contribution in [0.3, 0.4) is 0 Å². The highest BCUT2D eigenvalue weighted by Gasteiger charge is 2.18. The van der Waals surface area contributed by atoms with E-state index in [0.29, 0.717) is 6.54 Å². The smallest absolute Gasteiger partial charge is 0.249 e. The van der Waals surface area contributed by atoms with Crippen LogP contribution in [0.2, 0.25) is 0 Å². The number of carbonyl (C=O) groups is 2. The molecule has 0 spiro atoms. The average Bonchev–Trinajstić information content (AvgIpc) is 3.14. The van der Waals surface area contributed by atoms with Gasteiger partial charge in [-0.1, -0.05) is 139 Å². The zero-order valence-electron chi connectivity index (χ0n) is 36.0. The number of pyridine rings is 2. The third kappa shape index (κ3) is 13.6. The first kappa shape index (κ1) is 46.9. The van der Waals surface area contributed by atoms with E-state index in [1.165, 1.54) is 33.4 Å². The lowest BCUT2D eigenvalue weighted by Crippen LogP contribution is -3.00. The number of nitrogens with zero attached hydrogens (tertiary/aromatic N) is 1. The number of aromatic amines is 1. The van der Waals surface area contributed by atoms with Crippen molar-refractivity contribution >= 4 is 17.6 Å². The molecule has 0 radical (unpaired) electrons. The van der Waals surface area contributed by atoms with Crippen molar-refractivity contribution in [2.24, 2.45) is 0 Å². The lowest BCUT2D eigenvalue weighted by Gasteiger charge is -2.22. The average molecular weight is 840 g/mol. The van der Waals surface area contributed by atoms with Gasteiger partial charge in [0.2, 0.25) is 12.1 Å². The lowest BCUT2D eigenvalue weighted by atomic mass is 9.82. The van der Waals surface area contributed by atoms with E-state index in [0.717, 1.165) is 33.5 Å². The standard InChI is InChI=1S/C23H25NO.C21H24O.C8H10NO.BrH/c1-15-11-19(23(3,4)5)12-16(2)22(15)18-13-20(24-21(25)14-18)17-9-7-6-8-10-17;1-15-13-18(21(3,4)5)14-16(2)19(15)11-12-20(22)17-9-7-6-8-10-17;1-8(10)7-9-5-3-2-4-6-9;/h6-14H,1-5H3,(H,24,25);6-14H,1-5H3;2-6H,7H2,1H3;1H/q;;+1;/p-1/b;12-11+;;. The van der Waals surface area contributed by atoms with Crippen molar-refractivity contribution in [3.05, 3.63) is 189 Å². The van der Waals surface area contributed by atoms with Crippen LogP contribution in [0, 0.1) is 27.7 Å². The number of benzene rings is 4. The van der Waals surface area contributed by atoms with E-state index in [4.69, 9.17) is 0 Å². The highest BCUT2D eigenvalue weighted by molar-refractivity contribution is 6.06. The monoisotopic (exact) mass is 838 g/mol. The zero-order chi connectivity index (χ0) is 41.9. The molecule has 0 bridgehead atoms.